The van der Waals surface area contributed by atoms with Crippen molar-refractivity contribution in [1.29, 1.82) is 0 Å². The SMILES string of the molecule is CCCOc1nc(Cl)nc(N2CCOC(C)(C)C2)n1. The normalized spacial score (nSPS) is 18.4. The van der Waals surface area contributed by atoms with Crippen LogP contribution in [0.4, 0.5) is 5.95 Å². The Morgan fingerprint density at radius 1 is 1.37 bits per heavy atom. The van der Waals surface area contributed by atoms with Gasteiger partial charge < -0.3 is 14.4 Å². The standard InChI is InChI=1S/C12H19ClN4O2/c1-4-6-18-11-15-9(13)14-10(16-11)17-5-7-19-12(2,3)8-17/h4-8H2,1-3H3. The molecule has 1 aliphatic rings. The van der Waals surface area contributed by atoms with E-state index in [9.17, 15) is 0 Å². The molecular weight excluding hydrogens is 268 g/mol. The summed E-state index contributed by atoms with van der Waals surface area (Å²) in [7, 11) is 0. The lowest BCUT2D eigenvalue weighted by atomic mass is 10.1. The van der Waals surface area contributed by atoms with Gasteiger partial charge in [0, 0.05) is 13.1 Å². The van der Waals surface area contributed by atoms with E-state index in [1.807, 2.05) is 25.7 Å². The second-order valence-corrected chi connectivity index (χ2v) is 5.40. The zero-order chi connectivity index (χ0) is 13.9. The summed E-state index contributed by atoms with van der Waals surface area (Å²) in [5, 5.41) is 0.153. The monoisotopic (exact) mass is 286 g/mol. The first kappa shape index (κ1) is 14.3. The first-order valence-electron chi connectivity index (χ1n) is 6.43. The van der Waals surface area contributed by atoms with E-state index in [0.29, 0.717) is 25.7 Å². The van der Waals surface area contributed by atoms with Crippen LogP contribution in [0.15, 0.2) is 0 Å². The van der Waals surface area contributed by atoms with Crippen LogP contribution in [0.25, 0.3) is 0 Å². The van der Waals surface area contributed by atoms with Gasteiger partial charge in [0.15, 0.2) is 0 Å². The average molecular weight is 287 g/mol. The van der Waals surface area contributed by atoms with E-state index in [1.54, 1.807) is 0 Å². The summed E-state index contributed by atoms with van der Waals surface area (Å²) >= 11 is 5.92. The highest BCUT2D eigenvalue weighted by molar-refractivity contribution is 6.28. The fourth-order valence-electron chi connectivity index (χ4n) is 1.91. The molecule has 0 N–H and O–H groups in total. The molecule has 0 radical (unpaired) electrons. The number of aromatic nitrogens is 3. The molecule has 1 aromatic rings. The van der Waals surface area contributed by atoms with Gasteiger partial charge in [-0.1, -0.05) is 6.92 Å². The molecule has 6 nitrogen and oxygen atoms in total. The van der Waals surface area contributed by atoms with Gasteiger partial charge in [0.25, 0.3) is 0 Å². The first-order valence-corrected chi connectivity index (χ1v) is 6.81. The summed E-state index contributed by atoms with van der Waals surface area (Å²) in [6, 6.07) is 0.279. The average Bonchev–Trinajstić information content (AvgIpc) is 2.34. The van der Waals surface area contributed by atoms with Crippen molar-refractivity contribution in [2.75, 3.05) is 31.2 Å². The summed E-state index contributed by atoms with van der Waals surface area (Å²) in [5.74, 6) is 0.544. The van der Waals surface area contributed by atoms with Gasteiger partial charge in [-0.3, -0.25) is 0 Å². The summed E-state index contributed by atoms with van der Waals surface area (Å²) in [5.41, 5.74) is -0.220. The Labute approximate surface area is 118 Å². The highest BCUT2D eigenvalue weighted by Crippen LogP contribution is 2.22. The van der Waals surface area contributed by atoms with E-state index in [-0.39, 0.29) is 16.9 Å². The van der Waals surface area contributed by atoms with Gasteiger partial charge in [0.1, 0.15) is 0 Å². The second kappa shape index (κ2) is 5.88. The van der Waals surface area contributed by atoms with Crippen LogP contribution < -0.4 is 9.64 Å². The molecular formula is C12H19ClN4O2. The number of anilines is 1. The molecule has 2 heterocycles. The predicted octanol–water partition coefficient (Wildman–Crippen LogP) is 1.93. The molecule has 0 saturated carbocycles. The summed E-state index contributed by atoms with van der Waals surface area (Å²) in [6.07, 6.45) is 0.892. The predicted molar refractivity (Wildman–Crippen MR) is 72.9 cm³/mol. The van der Waals surface area contributed by atoms with Crippen molar-refractivity contribution in [3.63, 3.8) is 0 Å². The summed E-state index contributed by atoms with van der Waals surface area (Å²) in [4.78, 5) is 14.5. The minimum atomic E-state index is -0.220. The Kier molecular flexibility index (Phi) is 4.42. The molecule has 0 unspecified atom stereocenters. The van der Waals surface area contributed by atoms with Crippen LogP contribution in [0, 0.1) is 0 Å². The maximum absolute atomic E-state index is 5.92. The van der Waals surface area contributed by atoms with Crippen molar-refractivity contribution in [2.45, 2.75) is 32.8 Å². The van der Waals surface area contributed by atoms with E-state index in [1.165, 1.54) is 0 Å². The highest BCUT2D eigenvalue weighted by atomic mass is 35.5. The Morgan fingerprint density at radius 3 is 2.84 bits per heavy atom. The zero-order valence-electron chi connectivity index (χ0n) is 11.5. The number of morpholine rings is 1. The Balaban J connectivity index is 2.16. The number of rotatable bonds is 4. The lowest BCUT2D eigenvalue weighted by molar-refractivity contribution is -0.0282. The molecule has 106 valence electrons. The fraction of sp³-hybridized carbons (Fsp3) is 0.750. The van der Waals surface area contributed by atoms with Gasteiger partial charge in [0.05, 0.1) is 18.8 Å². The van der Waals surface area contributed by atoms with Crippen LogP contribution in [0.5, 0.6) is 6.01 Å². The third kappa shape index (κ3) is 3.91. The smallest absolute Gasteiger partial charge is 0.322 e. The van der Waals surface area contributed by atoms with Crippen molar-refractivity contribution < 1.29 is 9.47 Å². The van der Waals surface area contributed by atoms with Crippen molar-refractivity contribution in [1.82, 2.24) is 15.0 Å². The molecule has 0 aromatic carbocycles. The Bertz CT molecular complexity index is 442. The molecule has 0 aliphatic carbocycles. The summed E-state index contributed by atoms with van der Waals surface area (Å²) < 4.78 is 11.1. The van der Waals surface area contributed by atoms with Crippen LogP contribution >= 0.6 is 11.6 Å². The largest absolute Gasteiger partial charge is 0.463 e. The van der Waals surface area contributed by atoms with Crippen LogP contribution in [-0.2, 0) is 4.74 Å². The fourth-order valence-corrected chi connectivity index (χ4v) is 2.06. The van der Waals surface area contributed by atoms with E-state index >= 15 is 0 Å². The molecule has 1 fully saturated rings. The van der Waals surface area contributed by atoms with Gasteiger partial charge in [-0.2, -0.15) is 15.0 Å². The van der Waals surface area contributed by atoms with Crippen LogP contribution in [0.1, 0.15) is 27.2 Å². The zero-order valence-corrected chi connectivity index (χ0v) is 12.3. The first-order chi connectivity index (χ1) is 9.00. The lowest BCUT2D eigenvalue weighted by Gasteiger charge is -2.38. The molecule has 7 heteroatoms. The van der Waals surface area contributed by atoms with Gasteiger partial charge in [-0.25, -0.2) is 0 Å². The molecule has 0 amide bonds. The minimum Gasteiger partial charge on any atom is -0.463 e. The molecule has 0 atom stereocenters. The van der Waals surface area contributed by atoms with Crippen molar-refractivity contribution in [2.24, 2.45) is 0 Å². The Morgan fingerprint density at radius 2 is 2.16 bits per heavy atom. The van der Waals surface area contributed by atoms with Gasteiger partial charge in [-0.05, 0) is 31.9 Å². The van der Waals surface area contributed by atoms with Gasteiger partial charge >= 0.3 is 6.01 Å². The van der Waals surface area contributed by atoms with Crippen molar-refractivity contribution in [3.05, 3.63) is 5.28 Å². The van der Waals surface area contributed by atoms with Gasteiger partial charge in [0.2, 0.25) is 11.2 Å². The molecule has 0 spiro atoms. The molecule has 0 bridgehead atoms. The van der Waals surface area contributed by atoms with E-state index in [4.69, 9.17) is 21.1 Å². The third-order valence-electron chi connectivity index (χ3n) is 2.72. The minimum absolute atomic E-state index is 0.153. The topological polar surface area (TPSA) is 60.4 Å². The van der Waals surface area contributed by atoms with Crippen molar-refractivity contribution >= 4 is 17.5 Å². The lowest BCUT2D eigenvalue weighted by Crippen LogP contribution is -2.49. The number of nitrogens with zero attached hydrogens (tertiary/aromatic N) is 4. The maximum Gasteiger partial charge on any atom is 0.322 e. The molecule has 1 aromatic heterocycles. The quantitative estimate of drug-likeness (QED) is 0.843. The second-order valence-electron chi connectivity index (χ2n) is 5.07. The van der Waals surface area contributed by atoms with E-state index < -0.39 is 0 Å². The number of hydrogen-bond acceptors (Lipinski definition) is 6. The van der Waals surface area contributed by atoms with E-state index in [0.717, 1.165) is 13.0 Å². The number of ether oxygens (including phenoxy) is 2. The van der Waals surface area contributed by atoms with Gasteiger partial charge in [-0.15, -0.1) is 0 Å². The van der Waals surface area contributed by atoms with Crippen LogP contribution in [0.3, 0.4) is 0 Å². The van der Waals surface area contributed by atoms with E-state index in [2.05, 4.69) is 15.0 Å². The maximum atomic E-state index is 5.92. The highest BCUT2D eigenvalue weighted by Gasteiger charge is 2.29. The Hall–Kier alpha value is -1.14. The third-order valence-corrected chi connectivity index (χ3v) is 2.89. The molecule has 1 aliphatic heterocycles. The number of halogens is 1. The van der Waals surface area contributed by atoms with Crippen molar-refractivity contribution in [3.8, 4) is 6.01 Å². The molecule has 2 rings (SSSR count). The van der Waals surface area contributed by atoms with Crippen LogP contribution in [0.2, 0.25) is 5.28 Å². The molecule has 19 heavy (non-hydrogen) atoms. The number of hydrogen-bond donors (Lipinski definition) is 0. The summed E-state index contributed by atoms with van der Waals surface area (Å²) in [6.45, 7) is 8.74. The molecule has 1 saturated heterocycles. The van der Waals surface area contributed by atoms with Crippen LogP contribution in [-0.4, -0.2) is 46.9 Å².